The Bertz CT molecular complexity index is 413. The predicted molar refractivity (Wildman–Crippen MR) is 74.8 cm³/mol. The molecule has 5 heteroatoms. The molecule has 0 bridgehead atoms. The van der Waals surface area contributed by atoms with Gasteiger partial charge in [-0.1, -0.05) is 13.0 Å². The first-order chi connectivity index (χ1) is 9.61. The van der Waals surface area contributed by atoms with E-state index in [1.54, 1.807) is 14.0 Å². The Labute approximate surface area is 119 Å². The standard InChI is InChI=1S/C15H23F2NO2/c1-4-7-18-13(10-20-9-8-19-3)14-12(16)6-5-11(2)15(14)17/h5-6,13,18H,4,7-10H2,1-3H3. The number of hydrogen-bond donors (Lipinski definition) is 1. The predicted octanol–water partition coefficient (Wildman–Crippen LogP) is 2.98. The lowest BCUT2D eigenvalue weighted by atomic mass is 10.0. The maximum absolute atomic E-state index is 14.2. The number of methoxy groups -OCH3 is 1. The van der Waals surface area contributed by atoms with Gasteiger partial charge in [0.1, 0.15) is 11.6 Å². The summed E-state index contributed by atoms with van der Waals surface area (Å²) in [5, 5.41) is 3.13. The Balaban J connectivity index is 2.83. The zero-order chi connectivity index (χ0) is 15.0. The van der Waals surface area contributed by atoms with Gasteiger partial charge >= 0.3 is 0 Å². The van der Waals surface area contributed by atoms with Crippen molar-refractivity contribution in [3.63, 3.8) is 0 Å². The third-order valence-corrected chi connectivity index (χ3v) is 3.03. The summed E-state index contributed by atoms with van der Waals surface area (Å²) in [6, 6.07) is 2.24. The highest BCUT2D eigenvalue weighted by atomic mass is 19.1. The van der Waals surface area contributed by atoms with Crippen LogP contribution in [0.25, 0.3) is 0 Å². The molecule has 1 N–H and O–H groups in total. The van der Waals surface area contributed by atoms with E-state index in [1.807, 2.05) is 6.92 Å². The molecule has 0 fully saturated rings. The van der Waals surface area contributed by atoms with Crippen molar-refractivity contribution >= 4 is 0 Å². The van der Waals surface area contributed by atoms with Gasteiger partial charge in [-0.15, -0.1) is 0 Å². The maximum atomic E-state index is 14.2. The second kappa shape index (κ2) is 9.00. The van der Waals surface area contributed by atoms with Crippen molar-refractivity contribution in [3.8, 4) is 0 Å². The maximum Gasteiger partial charge on any atom is 0.133 e. The summed E-state index contributed by atoms with van der Waals surface area (Å²) < 4.78 is 38.4. The molecule has 0 aliphatic rings. The molecule has 0 amide bonds. The molecule has 0 saturated heterocycles. The van der Waals surface area contributed by atoms with Crippen LogP contribution in [0.2, 0.25) is 0 Å². The third-order valence-electron chi connectivity index (χ3n) is 3.03. The molecule has 0 aliphatic carbocycles. The molecule has 114 valence electrons. The van der Waals surface area contributed by atoms with Crippen LogP contribution < -0.4 is 5.32 Å². The van der Waals surface area contributed by atoms with Crippen LogP contribution in [0.3, 0.4) is 0 Å². The molecule has 0 radical (unpaired) electrons. The normalized spacial score (nSPS) is 12.7. The molecule has 1 rings (SSSR count). The van der Waals surface area contributed by atoms with E-state index in [-0.39, 0.29) is 12.2 Å². The Morgan fingerprint density at radius 1 is 1.25 bits per heavy atom. The minimum atomic E-state index is -0.544. The van der Waals surface area contributed by atoms with Gasteiger partial charge in [0.05, 0.1) is 25.9 Å². The van der Waals surface area contributed by atoms with Gasteiger partial charge < -0.3 is 14.8 Å². The highest BCUT2D eigenvalue weighted by Gasteiger charge is 2.21. The fourth-order valence-corrected chi connectivity index (χ4v) is 1.90. The molecule has 20 heavy (non-hydrogen) atoms. The van der Waals surface area contributed by atoms with E-state index in [1.165, 1.54) is 12.1 Å². The first-order valence-corrected chi connectivity index (χ1v) is 6.86. The van der Waals surface area contributed by atoms with Crippen LogP contribution in [-0.4, -0.2) is 33.5 Å². The first kappa shape index (κ1) is 17.0. The molecule has 3 nitrogen and oxygen atoms in total. The van der Waals surface area contributed by atoms with Crippen molar-refractivity contribution in [3.05, 3.63) is 34.9 Å². The minimum Gasteiger partial charge on any atom is -0.382 e. The second-order valence-corrected chi connectivity index (χ2v) is 4.67. The molecule has 0 aromatic heterocycles. The van der Waals surface area contributed by atoms with Crippen LogP contribution in [0, 0.1) is 18.6 Å². The zero-order valence-electron chi connectivity index (χ0n) is 12.3. The molecule has 1 atom stereocenters. The number of hydrogen-bond acceptors (Lipinski definition) is 3. The van der Waals surface area contributed by atoms with E-state index in [9.17, 15) is 8.78 Å². The summed E-state index contributed by atoms with van der Waals surface area (Å²) >= 11 is 0. The lowest BCUT2D eigenvalue weighted by Gasteiger charge is -2.21. The molecule has 1 aromatic rings. The van der Waals surface area contributed by atoms with Crippen LogP contribution in [0.4, 0.5) is 8.78 Å². The average molecular weight is 287 g/mol. The zero-order valence-corrected chi connectivity index (χ0v) is 12.3. The summed E-state index contributed by atoms with van der Waals surface area (Å²) in [5.74, 6) is -1.05. The summed E-state index contributed by atoms with van der Waals surface area (Å²) in [5.41, 5.74) is 0.484. The first-order valence-electron chi connectivity index (χ1n) is 6.86. The lowest BCUT2D eigenvalue weighted by Crippen LogP contribution is -2.29. The molecule has 0 aliphatic heterocycles. The fourth-order valence-electron chi connectivity index (χ4n) is 1.90. The molecule has 1 unspecified atom stereocenters. The van der Waals surface area contributed by atoms with E-state index >= 15 is 0 Å². The van der Waals surface area contributed by atoms with Crippen molar-refractivity contribution in [2.45, 2.75) is 26.3 Å². The van der Waals surface area contributed by atoms with E-state index in [4.69, 9.17) is 9.47 Å². The van der Waals surface area contributed by atoms with Gasteiger partial charge in [0.15, 0.2) is 0 Å². The Morgan fingerprint density at radius 2 is 2.00 bits per heavy atom. The van der Waals surface area contributed by atoms with Crippen molar-refractivity contribution in [2.75, 3.05) is 33.5 Å². The molecule has 1 aromatic carbocycles. The number of benzene rings is 1. The van der Waals surface area contributed by atoms with Crippen LogP contribution in [0.5, 0.6) is 0 Å². The van der Waals surface area contributed by atoms with Crippen LogP contribution in [-0.2, 0) is 9.47 Å². The fraction of sp³-hybridized carbons (Fsp3) is 0.600. The van der Waals surface area contributed by atoms with Gasteiger partial charge in [0.2, 0.25) is 0 Å². The highest BCUT2D eigenvalue weighted by molar-refractivity contribution is 5.29. The van der Waals surface area contributed by atoms with Crippen LogP contribution in [0.15, 0.2) is 12.1 Å². The highest BCUT2D eigenvalue weighted by Crippen LogP contribution is 2.23. The number of halogens is 2. The van der Waals surface area contributed by atoms with Gasteiger partial charge in [-0.25, -0.2) is 8.78 Å². The topological polar surface area (TPSA) is 30.5 Å². The average Bonchev–Trinajstić information content (AvgIpc) is 2.44. The Morgan fingerprint density at radius 3 is 2.65 bits per heavy atom. The quantitative estimate of drug-likeness (QED) is 0.708. The Kier molecular flexibility index (Phi) is 7.65. The molecular weight excluding hydrogens is 264 g/mol. The number of aryl methyl sites for hydroxylation is 1. The van der Waals surface area contributed by atoms with Crippen LogP contribution in [0.1, 0.15) is 30.5 Å². The van der Waals surface area contributed by atoms with Crippen molar-refractivity contribution in [1.29, 1.82) is 0 Å². The van der Waals surface area contributed by atoms with Gasteiger partial charge in [0.25, 0.3) is 0 Å². The van der Waals surface area contributed by atoms with Gasteiger partial charge in [-0.2, -0.15) is 0 Å². The number of rotatable bonds is 9. The summed E-state index contributed by atoms with van der Waals surface area (Å²) in [6.07, 6.45) is 0.879. The number of nitrogens with one attached hydrogen (secondary N) is 1. The second-order valence-electron chi connectivity index (χ2n) is 4.67. The van der Waals surface area contributed by atoms with E-state index < -0.39 is 17.7 Å². The number of ether oxygens (including phenoxy) is 2. The van der Waals surface area contributed by atoms with Crippen molar-refractivity contribution in [2.24, 2.45) is 0 Å². The largest absolute Gasteiger partial charge is 0.382 e. The van der Waals surface area contributed by atoms with Crippen molar-refractivity contribution in [1.82, 2.24) is 5.32 Å². The monoisotopic (exact) mass is 287 g/mol. The summed E-state index contributed by atoms with van der Waals surface area (Å²) in [7, 11) is 1.58. The van der Waals surface area contributed by atoms with Gasteiger partial charge in [0, 0.05) is 12.7 Å². The van der Waals surface area contributed by atoms with Crippen LogP contribution >= 0.6 is 0 Å². The lowest BCUT2D eigenvalue weighted by molar-refractivity contribution is 0.0575. The SMILES string of the molecule is CCCNC(COCCOC)c1c(F)ccc(C)c1F. The van der Waals surface area contributed by atoms with Crippen molar-refractivity contribution < 1.29 is 18.3 Å². The van der Waals surface area contributed by atoms with Gasteiger partial charge in [-0.05, 0) is 31.5 Å². The van der Waals surface area contributed by atoms with E-state index in [0.717, 1.165) is 6.42 Å². The Hall–Kier alpha value is -1.04. The molecular formula is C15H23F2NO2. The minimum absolute atomic E-state index is 0.0517. The van der Waals surface area contributed by atoms with Gasteiger partial charge in [-0.3, -0.25) is 0 Å². The summed E-state index contributed by atoms with van der Waals surface area (Å²) in [6.45, 7) is 5.36. The molecule has 0 heterocycles. The molecule has 0 spiro atoms. The van der Waals surface area contributed by atoms with E-state index in [0.29, 0.717) is 25.3 Å². The van der Waals surface area contributed by atoms with E-state index in [2.05, 4.69) is 5.32 Å². The smallest absolute Gasteiger partial charge is 0.133 e. The third kappa shape index (κ3) is 4.81. The molecule has 0 saturated carbocycles. The summed E-state index contributed by atoms with van der Waals surface area (Å²) in [4.78, 5) is 0.